The number of rotatable bonds is 5. The minimum atomic E-state index is 0.105. The average Bonchev–Trinajstić information content (AvgIpc) is 2.87. The third-order valence-corrected chi connectivity index (χ3v) is 4.51. The molecule has 1 atom stereocenters. The van der Waals surface area contributed by atoms with Gasteiger partial charge in [0.25, 0.3) is 0 Å². The van der Waals surface area contributed by atoms with Gasteiger partial charge in [0.15, 0.2) is 5.84 Å². The van der Waals surface area contributed by atoms with E-state index >= 15 is 0 Å². The molecular formula is C15H29N3O2. The lowest BCUT2D eigenvalue weighted by Gasteiger charge is -2.32. The number of amides is 1. The lowest BCUT2D eigenvalue weighted by Crippen LogP contribution is -2.45. The second kappa shape index (κ2) is 6.95. The zero-order chi connectivity index (χ0) is 15.3. The first-order valence-electron chi connectivity index (χ1n) is 7.51. The van der Waals surface area contributed by atoms with Crippen LogP contribution in [0.3, 0.4) is 0 Å². The van der Waals surface area contributed by atoms with E-state index in [1.165, 1.54) is 0 Å². The van der Waals surface area contributed by atoms with Crippen molar-refractivity contribution in [3.05, 3.63) is 0 Å². The Hall–Kier alpha value is -1.26. The molecule has 20 heavy (non-hydrogen) atoms. The van der Waals surface area contributed by atoms with Gasteiger partial charge in [0.1, 0.15) is 0 Å². The Balaban J connectivity index is 2.73. The van der Waals surface area contributed by atoms with Crippen molar-refractivity contribution in [2.24, 2.45) is 22.2 Å². The van der Waals surface area contributed by atoms with Gasteiger partial charge in [0.2, 0.25) is 5.91 Å². The third kappa shape index (κ3) is 4.69. The molecule has 1 aliphatic rings. The predicted molar refractivity (Wildman–Crippen MR) is 80.6 cm³/mol. The summed E-state index contributed by atoms with van der Waals surface area (Å²) in [7, 11) is 0. The number of oxime groups is 1. The molecule has 0 bridgehead atoms. The minimum absolute atomic E-state index is 0.105. The van der Waals surface area contributed by atoms with Crippen LogP contribution in [0.4, 0.5) is 0 Å². The Bertz CT molecular complexity index is 355. The first kappa shape index (κ1) is 16.8. The molecule has 116 valence electrons. The smallest absolute Gasteiger partial charge is 0.223 e. The monoisotopic (exact) mass is 283 g/mol. The third-order valence-electron chi connectivity index (χ3n) is 4.51. The Morgan fingerprint density at radius 1 is 1.40 bits per heavy atom. The molecule has 1 unspecified atom stereocenters. The van der Waals surface area contributed by atoms with Gasteiger partial charge >= 0.3 is 0 Å². The number of carbonyl (C=O) groups excluding carboxylic acids is 1. The van der Waals surface area contributed by atoms with Crippen LogP contribution in [0.2, 0.25) is 0 Å². The van der Waals surface area contributed by atoms with Crippen LogP contribution in [-0.2, 0) is 4.79 Å². The number of carbonyl (C=O) groups is 1. The van der Waals surface area contributed by atoms with E-state index < -0.39 is 0 Å². The van der Waals surface area contributed by atoms with Gasteiger partial charge in [-0.2, -0.15) is 0 Å². The molecule has 0 aliphatic heterocycles. The number of amidine groups is 1. The molecule has 1 aliphatic carbocycles. The summed E-state index contributed by atoms with van der Waals surface area (Å²) in [5.41, 5.74) is 5.71. The summed E-state index contributed by atoms with van der Waals surface area (Å²) < 4.78 is 0. The first-order valence-corrected chi connectivity index (χ1v) is 7.51. The van der Waals surface area contributed by atoms with E-state index in [0.29, 0.717) is 12.3 Å². The molecule has 1 fully saturated rings. The molecule has 0 heterocycles. The molecule has 0 spiro atoms. The van der Waals surface area contributed by atoms with E-state index in [2.05, 4.69) is 32.9 Å². The van der Waals surface area contributed by atoms with E-state index in [1.807, 2.05) is 4.90 Å². The van der Waals surface area contributed by atoms with E-state index in [4.69, 9.17) is 10.9 Å². The van der Waals surface area contributed by atoms with E-state index in [1.54, 1.807) is 0 Å². The summed E-state index contributed by atoms with van der Waals surface area (Å²) >= 11 is 0. The molecular weight excluding hydrogens is 254 g/mol. The molecule has 0 aromatic heterocycles. The summed E-state index contributed by atoms with van der Waals surface area (Å²) in [6.07, 6.45) is 4.86. The molecule has 0 saturated heterocycles. The van der Waals surface area contributed by atoms with E-state index in [-0.39, 0.29) is 29.7 Å². The number of hydrogen-bond acceptors (Lipinski definition) is 3. The zero-order valence-corrected chi connectivity index (χ0v) is 13.2. The molecule has 1 rings (SSSR count). The molecule has 0 aromatic rings. The van der Waals surface area contributed by atoms with Crippen LogP contribution in [0.5, 0.6) is 0 Å². The van der Waals surface area contributed by atoms with Crippen molar-refractivity contribution in [3.8, 4) is 0 Å². The zero-order valence-electron chi connectivity index (χ0n) is 13.2. The number of nitrogens with two attached hydrogens (primary N) is 1. The van der Waals surface area contributed by atoms with Crippen LogP contribution in [0.15, 0.2) is 5.16 Å². The highest BCUT2D eigenvalue weighted by Gasteiger charge is 2.30. The van der Waals surface area contributed by atoms with Gasteiger partial charge in [0.05, 0.1) is 6.54 Å². The summed E-state index contributed by atoms with van der Waals surface area (Å²) in [4.78, 5) is 14.4. The van der Waals surface area contributed by atoms with Gasteiger partial charge in [-0.3, -0.25) is 4.79 Å². The normalized spacial score (nSPS) is 19.1. The van der Waals surface area contributed by atoms with Crippen molar-refractivity contribution in [3.63, 3.8) is 0 Å². The summed E-state index contributed by atoms with van der Waals surface area (Å²) in [5, 5.41) is 11.8. The predicted octanol–water partition coefficient (Wildman–Crippen LogP) is 2.58. The molecule has 5 nitrogen and oxygen atoms in total. The van der Waals surface area contributed by atoms with Crippen LogP contribution in [0.1, 0.15) is 59.8 Å². The highest BCUT2D eigenvalue weighted by atomic mass is 16.4. The molecule has 3 N–H and O–H groups in total. The molecule has 1 amide bonds. The minimum Gasteiger partial charge on any atom is -0.409 e. The first-order chi connectivity index (χ1) is 9.25. The second-order valence-corrected chi connectivity index (χ2v) is 7.02. The van der Waals surface area contributed by atoms with Crippen molar-refractivity contribution >= 4 is 11.7 Å². The largest absolute Gasteiger partial charge is 0.409 e. The van der Waals surface area contributed by atoms with E-state index in [0.717, 1.165) is 25.7 Å². The fourth-order valence-electron chi connectivity index (χ4n) is 2.53. The van der Waals surface area contributed by atoms with Crippen LogP contribution < -0.4 is 5.73 Å². The standard InChI is InChI=1S/C15H29N3O2/c1-11(15(2,3)4)9-14(19)18(10-13(16)17-20)12-7-5-6-8-12/h11-12,20H,5-10H2,1-4H3,(H2,16,17). The maximum atomic E-state index is 12.6. The van der Waals surface area contributed by atoms with Gasteiger partial charge in [0, 0.05) is 12.5 Å². The fourth-order valence-corrected chi connectivity index (χ4v) is 2.53. The Morgan fingerprint density at radius 3 is 2.40 bits per heavy atom. The van der Waals surface area contributed by atoms with Crippen LogP contribution >= 0.6 is 0 Å². The van der Waals surface area contributed by atoms with Crippen molar-refractivity contribution in [2.45, 2.75) is 65.8 Å². The van der Waals surface area contributed by atoms with Gasteiger partial charge < -0.3 is 15.8 Å². The number of hydrogen-bond donors (Lipinski definition) is 2. The van der Waals surface area contributed by atoms with E-state index in [9.17, 15) is 4.79 Å². The Morgan fingerprint density at radius 2 is 1.95 bits per heavy atom. The SMILES string of the molecule is CC(CC(=O)N(CC(N)=NO)C1CCCC1)C(C)(C)C. The van der Waals surface area contributed by atoms with Gasteiger partial charge in [-0.15, -0.1) is 0 Å². The molecule has 5 heteroatoms. The van der Waals surface area contributed by atoms with Crippen LogP contribution in [-0.4, -0.2) is 34.4 Å². The van der Waals surface area contributed by atoms with Gasteiger partial charge in [-0.05, 0) is 24.2 Å². The summed E-state index contributed by atoms with van der Waals surface area (Å²) in [5.74, 6) is 0.519. The Labute approximate surface area is 122 Å². The van der Waals surface area contributed by atoms with Crippen molar-refractivity contribution < 1.29 is 10.0 Å². The van der Waals surface area contributed by atoms with Crippen molar-refractivity contribution in [2.75, 3.05) is 6.54 Å². The number of nitrogens with zero attached hydrogens (tertiary/aromatic N) is 2. The van der Waals surface area contributed by atoms with Crippen LogP contribution in [0, 0.1) is 11.3 Å². The van der Waals surface area contributed by atoms with Gasteiger partial charge in [-0.25, -0.2) is 0 Å². The summed E-state index contributed by atoms with van der Waals surface area (Å²) in [6.45, 7) is 8.78. The molecule has 0 aromatic carbocycles. The maximum Gasteiger partial charge on any atom is 0.223 e. The second-order valence-electron chi connectivity index (χ2n) is 7.02. The lowest BCUT2D eigenvalue weighted by atomic mass is 9.80. The Kier molecular flexibility index (Phi) is 5.84. The van der Waals surface area contributed by atoms with Gasteiger partial charge in [-0.1, -0.05) is 45.7 Å². The van der Waals surface area contributed by atoms with Crippen LogP contribution in [0.25, 0.3) is 0 Å². The van der Waals surface area contributed by atoms with Crippen molar-refractivity contribution in [1.29, 1.82) is 0 Å². The topological polar surface area (TPSA) is 78.9 Å². The highest BCUT2D eigenvalue weighted by molar-refractivity contribution is 5.87. The molecule has 1 saturated carbocycles. The average molecular weight is 283 g/mol. The van der Waals surface area contributed by atoms with Crippen molar-refractivity contribution in [1.82, 2.24) is 4.90 Å². The molecule has 0 radical (unpaired) electrons. The quantitative estimate of drug-likeness (QED) is 0.352. The fraction of sp³-hybridized carbons (Fsp3) is 0.867. The lowest BCUT2D eigenvalue weighted by molar-refractivity contribution is -0.134. The highest BCUT2D eigenvalue weighted by Crippen LogP contribution is 2.30. The maximum absolute atomic E-state index is 12.6. The summed E-state index contributed by atoms with van der Waals surface area (Å²) in [6, 6.07) is 0.245.